The maximum Gasteiger partial charge on any atom is 0.244 e. The molecular weight excluding hydrogens is 440 g/mol. The van der Waals surface area contributed by atoms with E-state index in [0.29, 0.717) is 10.8 Å². The van der Waals surface area contributed by atoms with Crippen LogP contribution < -0.4 is 19.1 Å². The second kappa shape index (κ2) is 10.7. The van der Waals surface area contributed by atoms with Gasteiger partial charge >= 0.3 is 0 Å². The number of methoxy groups -OCH3 is 1. The Morgan fingerprint density at radius 2 is 1.87 bits per heavy atom. The maximum absolute atomic E-state index is 12.9. The van der Waals surface area contributed by atoms with E-state index in [9.17, 15) is 13.2 Å². The van der Waals surface area contributed by atoms with Gasteiger partial charge in [0.2, 0.25) is 15.9 Å². The minimum absolute atomic E-state index is 0.214. The second-order valence-electron chi connectivity index (χ2n) is 7.21. The van der Waals surface area contributed by atoms with Gasteiger partial charge < -0.3 is 14.8 Å². The zero-order valence-electron chi connectivity index (χ0n) is 18.4. The van der Waals surface area contributed by atoms with Gasteiger partial charge in [-0.15, -0.1) is 0 Å². The third-order valence-corrected chi connectivity index (χ3v) is 6.11. The lowest BCUT2D eigenvalue weighted by molar-refractivity contribution is -0.122. The van der Waals surface area contributed by atoms with Crippen LogP contribution in [0.15, 0.2) is 36.4 Å². The van der Waals surface area contributed by atoms with Crippen LogP contribution in [0, 0.1) is 13.8 Å². The van der Waals surface area contributed by atoms with Crippen LogP contribution in [0.1, 0.15) is 24.5 Å². The average molecular weight is 469 g/mol. The zero-order chi connectivity index (χ0) is 23.2. The Bertz CT molecular complexity index is 1030. The summed E-state index contributed by atoms with van der Waals surface area (Å²) in [5.74, 6) is 0.626. The molecule has 2 aromatic rings. The number of hydrogen-bond donors (Lipinski definition) is 1. The summed E-state index contributed by atoms with van der Waals surface area (Å²) in [5.41, 5.74) is 2.29. The van der Waals surface area contributed by atoms with E-state index >= 15 is 0 Å². The number of carbonyl (C=O) groups is 1. The van der Waals surface area contributed by atoms with Crippen molar-refractivity contribution in [3.05, 3.63) is 52.5 Å². The third kappa shape index (κ3) is 6.51. The van der Waals surface area contributed by atoms with Crippen molar-refractivity contribution in [3.63, 3.8) is 0 Å². The summed E-state index contributed by atoms with van der Waals surface area (Å²) in [6.07, 6.45) is 1.30. The number of sulfonamides is 1. The first-order valence-electron chi connectivity index (χ1n) is 9.89. The molecule has 0 spiro atoms. The SMILES string of the molecule is CC[C@H](C(=O)NCCOc1cc(C)ccc1C)N(c1cc(Cl)ccc1OC)S(C)(=O)=O. The fourth-order valence-electron chi connectivity index (χ4n) is 3.19. The van der Waals surface area contributed by atoms with E-state index in [4.69, 9.17) is 21.1 Å². The molecule has 0 aliphatic heterocycles. The second-order valence-corrected chi connectivity index (χ2v) is 9.50. The highest BCUT2D eigenvalue weighted by molar-refractivity contribution is 7.92. The average Bonchev–Trinajstić information content (AvgIpc) is 2.70. The molecule has 2 aromatic carbocycles. The summed E-state index contributed by atoms with van der Waals surface area (Å²) in [6.45, 7) is 6.15. The lowest BCUT2D eigenvalue weighted by Crippen LogP contribution is -2.50. The van der Waals surface area contributed by atoms with E-state index in [2.05, 4.69) is 5.32 Å². The Hall–Kier alpha value is -2.45. The number of carbonyl (C=O) groups excluding carboxylic acids is 1. The monoisotopic (exact) mass is 468 g/mol. The van der Waals surface area contributed by atoms with Crippen molar-refractivity contribution in [1.29, 1.82) is 0 Å². The molecule has 0 unspecified atom stereocenters. The molecule has 0 aliphatic rings. The normalized spacial score (nSPS) is 12.2. The lowest BCUT2D eigenvalue weighted by Gasteiger charge is -2.31. The van der Waals surface area contributed by atoms with Crippen molar-refractivity contribution in [2.75, 3.05) is 30.8 Å². The molecule has 170 valence electrons. The number of aryl methyl sites for hydroxylation is 2. The fraction of sp³-hybridized carbons (Fsp3) is 0.409. The van der Waals surface area contributed by atoms with Crippen LogP contribution in [0.2, 0.25) is 5.02 Å². The van der Waals surface area contributed by atoms with E-state index in [0.717, 1.165) is 27.4 Å². The van der Waals surface area contributed by atoms with Gasteiger partial charge in [-0.05, 0) is 55.7 Å². The van der Waals surface area contributed by atoms with Crippen LogP contribution in [-0.2, 0) is 14.8 Å². The molecule has 0 radical (unpaired) electrons. The molecule has 0 aromatic heterocycles. The van der Waals surface area contributed by atoms with Crippen molar-refractivity contribution in [2.24, 2.45) is 0 Å². The van der Waals surface area contributed by atoms with Crippen LogP contribution in [0.5, 0.6) is 11.5 Å². The van der Waals surface area contributed by atoms with Crippen molar-refractivity contribution in [3.8, 4) is 11.5 Å². The summed E-state index contributed by atoms with van der Waals surface area (Å²) in [5, 5.41) is 3.10. The zero-order valence-corrected chi connectivity index (χ0v) is 20.0. The van der Waals surface area contributed by atoms with Crippen LogP contribution in [-0.4, -0.2) is 46.9 Å². The number of ether oxygens (including phenoxy) is 2. The number of halogens is 1. The minimum Gasteiger partial charge on any atom is -0.495 e. The van der Waals surface area contributed by atoms with Crippen LogP contribution in [0.3, 0.4) is 0 Å². The van der Waals surface area contributed by atoms with Gasteiger partial charge in [0, 0.05) is 5.02 Å². The molecule has 0 saturated heterocycles. The Morgan fingerprint density at radius 1 is 1.16 bits per heavy atom. The minimum atomic E-state index is -3.81. The number of benzene rings is 2. The molecule has 1 atom stereocenters. The maximum atomic E-state index is 12.9. The van der Waals surface area contributed by atoms with Crippen LogP contribution in [0.25, 0.3) is 0 Å². The summed E-state index contributed by atoms with van der Waals surface area (Å²) in [4.78, 5) is 12.9. The Kier molecular flexibility index (Phi) is 8.59. The predicted molar refractivity (Wildman–Crippen MR) is 124 cm³/mol. The number of nitrogens with one attached hydrogen (secondary N) is 1. The summed E-state index contributed by atoms with van der Waals surface area (Å²) < 4.78 is 37.4. The molecule has 31 heavy (non-hydrogen) atoms. The quantitative estimate of drug-likeness (QED) is 0.537. The lowest BCUT2D eigenvalue weighted by atomic mass is 10.1. The smallest absolute Gasteiger partial charge is 0.244 e. The molecular formula is C22H29ClN2O5S. The van der Waals surface area contributed by atoms with Crippen molar-refractivity contribution < 1.29 is 22.7 Å². The number of nitrogens with zero attached hydrogens (tertiary/aromatic N) is 1. The third-order valence-electron chi connectivity index (χ3n) is 4.71. The number of anilines is 1. The molecule has 0 heterocycles. The van der Waals surface area contributed by atoms with Gasteiger partial charge in [-0.25, -0.2) is 8.42 Å². The van der Waals surface area contributed by atoms with Gasteiger partial charge in [-0.1, -0.05) is 30.7 Å². The molecule has 0 aliphatic carbocycles. The highest BCUT2D eigenvalue weighted by Crippen LogP contribution is 2.34. The highest BCUT2D eigenvalue weighted by Gasteiger charge is 2.33. The van der Waals surface area contributed by atoms with Gasteiger partial charge in [0.25, 0.3) is 0 Å². The van der Waals surface area contributed by atoms with Crippen LogP contribution in [0.4, 0.5) is 5.69 Å². The van der Waals surface area contributed by atoms with Gasteiger partial charge in [0.15, 0.2) is 0 Å². The Morgan fingerprint density at radius 3 is 2.48 bits per heavy atom. The first kappa shape index (κ1) is 24.8. The first-order chi connectivity index (χ1) is 14.6. The summed E-state index contributed by atoms with van der Waals surface area (Å²) >= 11 is 6.09. The molecule has 0 saturated carbocycles. The van der Waals surface area contributed by atoms with E-state index < -0.39 is 22.0 Å². The van der Waals surface area contributed by atoms with E-state index in [1.54, 1.807) is 19.1 Å². The van der Waals surface area contributed by atoms with Crippen LogP contribution >= 0.6 is 11.6 Å². The largest absolute Gasteiger partial charge is 0.495 e. The van der Waals surface area contributed by atoms with E-state index in [1.807, 2.05) is 32.0 Å². The molecule has 9 heteroatoms. The van der Waals surface area contributed by atoms with E-state index in [1.165, 1.54) is 13.2 Å². The van der Waals surface area contributed by atoms with Crippen molar-refractivity contribution >= 4 is 33.2 Å². The molecule has 0 bridgehead atoms. The van der Waals surface area contributed by atoms with E-state index in [-0.39, 0.29) is 25.3 Å². The van der Waals surface area contributed by atoms with Gasteiger partial charge in [0.05, 0.1) is 25.6 Å². The highest BCUT2D eigenvalue weighted by atomic mass is 35.5. The first-order valence-corrected chi connectivity index (χ1v) is 12.1. The van der Waals surface area contributed by atoms with Gasteiger partial charge in [-0.3, -0.25) is 9.10 Å². The number of rotatable bonds is 10. The Balaban J connectivity index is 2.16. The molecule has 7 nitrogen and oxygen atoms in total. The standard InChI is InChI=1S/C22H29ClN2O5S/c1-6-18(22(26)24-11-12-30-21-13-15(2)7-8-16(21)3)25(31(5,27)28)19-14-17(23)9-10-20(19)29-4/h7-10,13-14,18H,6,11-12H2,1-5H3,(H,24,26)/t18-/m1/s1. The molecule has 0 fully saturated rings. The summed E-state index contributed by atoms with van der Waals surface area (Å²) in [6, 6.07) is 9.57. The number of amides is 1. The van der Waals surface area contributed by atoms with Crippen molar-refractivity contribution in [2.45, 2.75) is 33.2 Å². The molecule has 2 rings (SSSR count). The van der Waals surface area contributed by atoms with Gasteiger partial charge in [-0.2, -0.15) is 0 Å². The van der Waals surface area contributed by atoms with Crippen molar-refractivity contribution in [1.82, 2.24) is 5.32 Å². The topological polar surface area (TPSA) is 84.9 Å². The Labute approximate surface area is 189 Å². The predicted octanol–water partition coefficient (Wildman–Crippen LogP) is 3.71. The number of hydrogen-bond acceptors (Lipinski definition) is 5. The molecule has 1 N–H and O–H groups in total. The summed E-state index contributed by atoms with van der Waals surface area (Å²) in [7, 11) is -2.38. The van der Waals surface area contributed by atoms with Gasteiger partial charge in [0.1, 0.15) is 24.1 Å². The molecule has 1 amide bonds. The fourth-order valence-corrected chi connectivity index (χ4v) is 4.56.